The number of anilines is 1. The molecule has 1 aromatic rings. The van der Waals surface area contributed by atoms with E-state index in [0.717, 1.165) is 12.8 Å². The molecule has 0 amide bonds. The Morgan fingerprint density at radius 1 is 1.42 bits per heavy atom. The van der Waals surface area contributed by atoms with Crippen LogP contribution in [0.4, 0.5) is 5.69 Å². The SMILES string of the molecule is Nc1ccncc1S(=O)(=O)NCCOC1CCCC1. The molecule has 0 unspecified atom stereocenters. The lowest BCUT2D eigenvalue weighted by Crippen LogP contribution is -2.29. The summed E-state index contributed by atoms with van der Waals surface area (Å²) in [6.07, 6.45) is 7.52. The van der Waals surface area contributed by atoms with Crippen LogP contribution in [-0.2, 0) is 14.8 Å². The lowest BCUT2D eigenvalue weighted by molar-refractivity contribution is 0.0626. The predicted molar refractivity (Wildman–Crippen MR) is 72.0 cm³/mol. The van der Waals surface area contributed by atoms with Crippen LogP contribution < -0.4 is 10.5 Å². The molecule has 1 saturated carbocycles. The van der Waals surface area contributed by atoms with Crippen LogP contribution >= 0.6 is 0 Å². The fourth-order valence-corrected chi connectivity index (χ4v) is 3.24. The molecule has 6 nitrogen and oxygen atoms in total. The average Bonchev–Trinajstić information content (AvgIpc) is 2.88. The zero-order chi connectivity index (χ0) is 13.7. The molecular formula is C12H19N3O3S. The van der Waals surface area contributed by atoms with Gasteiger partial charge in [-0.05, 0) is 18.9 Å². The Bertz CT molecular complexity index is 513. The Morgan fingerprint density at radius 3 is 2.84 bits per heavy atom. The maximum absolute atomic E-state index is 12.0. The van der Waals surface area contributed by atoms with E-state index in [2.05, 4.69) is 9.71 Å². The van der Waals surface area contributed by atoms with Gasteiger partial charge >= 0.3 is 0 Å². The summed E-state index contributed by atoms with van der Waals surface area (Å²) in [6, 6.07) is 1.46. The Labute approximate surface area is 113 Å². The topological polar surface area (TPSA) is 94.3 Å². The van der Waals surface area contributed by atoms with Crippen molar-refractivity contribution in [1.29, 1.82) is 0 Å². The van der Waals surface area contributed by atoms with Crippen molar-refractivity contribution in [2.75, 3.05) is 18.9 Å². The molecule has 1 fully saturated rings. The number of pyridine rings is 1. The first-order chi connectivity index (χ1) is 9.09. The number of nitrogens with one attached hydrogen (secondary N) is 1. The van der Waals surface area contributed by atoms with Gasteiger partial charge in [-0.2, -0.15) is 0 Å². The van der Waals surface area contributed by atoms with Gasteiger partial charge in [-0.3, -0.25) is 4.98 Å². The van der Waals surface area contributed by atoms with E-state index < -0.39 is 10.0 Å². The molecule has 0 spiro atoms. The zero-order valence-corrected chi connectivity index (χ0v) is 11.5. The van der Waals surface area contributed by atoms with Crippen LogP contribution in [0.15, 0.2) is 23.4 Å². The van der Waals surface area contributed by atoms with Gasteiger partial charge in [0.15, 0.2) is 0 Å². The first kappa shape index (κ1) is 14.2. The standard InChI is InChI=1S/C12H19N3O3S/c13-11-5-6-14-9-12(11)19(16,17)15-7-8-18-10-3-1-2-4-10/h5-6,9-10,15H,1-4,7-8H2,(H2,13,14). The normalized spacial score (nSPS) is 16.8. The van der Waals surface area contributed by atoms with Crippen LogP contribution in [0, 0.1) is 0 Å². The summed E-state index contributed by atoms with van der Waals surface area (Å²) in [7, 11) is -3.60. The van der Waals surface area contributed by atoms with E-state index >= 15 is 0 Å². The van der Waals surface area contributed by atoms with E-state index in [1.54, 1.807) is 0 Å². The van der Waals surface area contributed by atoms with Gasteiger partial charge in [0.2, 0.25) is 10.0 Å². The number of hydrogen-bond donors (Lipinski definition) is 2. The summed E-state index contributed by atoms with van der Waals surface area (Å²) >= 11 is 0. The van der Waals surface area contributed by atoms with Gasteiger partial charge in [-0.15, -0.1) is 0 Å². The molecule has 0 aliphatic heterocycles. The maximum Gasteiger partial charge on any atom is 0.244 e. The molecule has 0 radical (unpaired) electrons. The first-order valence-electron chi connectivity index (χ1n) is 6.40. The van der Waals surface area contributed by atoms with Crippen molar-refractivity contribution < 1.29 is 13.2 Å². The highest BCUT2D eigenvalue weighted by molar-refractivity contribution is 7.89. The van der Waals surface area contributed by atoms with Crippen molar-refractivity contribution >= 4 is 15.7 Å². The van der Waals surface area contributed by atoms with Gasteiger partial charge in [0, 0.05) is 18.9 Å². The molecule has 3 N–H and O–H groups in total. The third-order valence-corrected chi connectivity index (χ3v) is 4.66. The number of nitrogens with two attached hydrogens (primary N) is 1. The molecule has 7 heteroatoms. The molecule has 106 valence electrons. The molecular weight excluding hydrogens is 266 g/mol. The molecule has 0 atom stereocenters. The second-order valence-corrected chi connectivity index (χ2v) is 6.32. The van der Waals surface area contributed by atoms with Gasteiger partial charge < -0.3 is 10.5 Å². The van der Waals surface area contributed by atoms with Gasteiger partial charge in [0.05, 0.1) is 18.4 Å². The van der Waals surface area contributed by atoms with E-state index in [-0.39, 0.29) is 23.2 Å². The fraction of sp³-hybridized carbons (Fsp3) is 0.583. The van der Waals surface area contributed by atoms with Crippen LogP contribution in [0.3, 0.4) is 0 Å². The molecule has 0 aromatic carbocycles. The smallest absolute Gasteiger partial charge is 0.244 e. The predicted octanol–water partition coefficient (Wildman–Crippen LogP) is 0.901. The van der Waals surface area contributed by atoms with Crippen molar-refractivity contribution in [3.63, 3.8) is 0 Å². The molecule has 19 heavy (non-hydrogen) atoms. The summed E-state index contributed by atoms with van der Waals surface area (Å²) < 4.78 is 32.0. The minimum atomic E-state index is -3.60. The number of ether oxygens (including phenoxy) is 1. The highest BCUT2D eigenvalue weighted by Crippen LogP contribution is 2.20. The van der Waals surface area contributed by atoms with E-state index in [1.165, 1.54) is 31.3 Å². The second kappa shape index (κ2) is 6.31. The molecule has 1 heterocycles. The van der Waals surface area contributed by atoms with E-state index in [4.69, 9.17) is 10.5 Å². The quantitative estimate of drug-likeness (QED) is 0.757. The highest BCUT2D eigenvalue weighted by atomic mass is 32.2. The molecule has 1 aliphatic rings. The first-order valence-corrected chi connectivity index (χ1v) is 7.88. The molecule has 2 rings (SSSR count). The van der Waals surface area contributed by atoms with E-state index in [9.17, 15) is 8.42 Å². The van der Waals surface area contributed by atoms with Gasteiger partial charge in [0.1, 0.15) is 4.90 Å². The van der Waals surface area contributed by atoms with Gasteiger partial charge in [0.25, 0.3) is 0 Å². The Balaban J connectivity index is 1.82. The van der Waals surface area contributed by atoms with E-state index in [0.29, 0.717) is 6.61 Å². The van der Waals surface area contributed by atoms with Crippen LogP contribution in [-0.4, -0.2) is 32.7 Å². The van der Waals surface area contributed by atoms with E-state index in [1.807, 2.05) is 0 Å². The largest absolute Gasteiger partial charge is 0.398 e. The third kappa shape index (κ3) is 3.89. The summed E-state index contributed by atoms with van der Waals surface area (Å²) in [6.45, 7) is 0.622. The Kier molecular flexibility index (Phi) is 4.73. The van der Waals surface area contributed by atoms with Crippen molar-refractivity contribution in [1.82, 2.24) is 9.71 Å². The molecule has 1 aliphatic carbocycles. The van der Waals surface area contributed by atoms with Gasteiger partial charge in [-0.1, -0.05) is 12.8 Å². The minimum absolute atomic E-state index is 0.0101. The van der Waals surface area contributed by atoms with Crippen molar-refractivity contribution in [2.24, 2.45) is 0 Å². The minimum Gasteiger partial charge on any atom is -0.398 e. The van der Waals surface area contributed by atoms with Crippen LogP contribution in [0.25, 0.3) is 0 Å². The summed E-state index contributed by atoms with van der Waals surface area (Å²) in [5.41, 5.74) is 5.81. The van der Waals surface area contributed by atoms with Crippen LogP contribution in [0.5, 0.6) is 0 Å². The van der Waals surface area contributed by atoms with Crippen LogP contribution in [0.1, 0.15) is 25.7 Å². The summed E-state index contributed by atoms with van der Waals surface area (Å²) in [4.78, 5) is 3.78. The number of aromatic nitrogens is 1. The molecule has 0 saturated heterocycles. The Hall–Kier alpha value is -1.18. The zero-order valence-electron chi connectivity index (χ0n) is 10.7. The number of rotatable bonds is 6. The monoisotopic (exact) mass is 285 g/mol. The lowest BCUT2D eigenvalue weighted by atomic mass is 10.3. The van der Waals surface area contributed by atoms with Crippen molar-refractivity contribution in [3.8, 4) is 0 Å². The number of nitrogen functional groups attached to an aromatic ring is 1. The number of nitrogens with zero attached hydrogens (tertiary/aromatic N) is 1. The summed E-state index contributed by atoms with van der Waals surface area (Å²) in [5.74, 6) is 0. The van der Waals surface area contributed by atoms with Crippen molar-refractivity contribution in [3.05, 3.63) is 18.5 Å². The molecule has 0 bridgehead atoms. The third-order valence-electron chi connectivity index (χ3n) is 3.16. The van der Waals surface area contributed by atoms with Gasteiger partial charge in [-0.25, -0.2) is 13.1 Å². The Morgan fingerprint density at radius 2 is 2.16 bits per heavy atom. The van der Waals surface area contributed by atoms with Crippen LogP contribution in [0.2, 0.25) is 0 Å². The maximum atomic E-state index is 12.0. The fourth-order valence-electron chi connectivity index (χ4n) is 2.15. The molecule has 1 aromatic heterocycles. The summed E-state index contributed by atoms with van der Waals surface area (Å²) in [5, 5.41) is 0. The lowest BCUT2D eigenvalue weighted by Gasteiger charge is -2.12. The highest BCUT2D eigenvalue weighted by Gasteiger charge is 2.18. The average molecular weight is 285 g/mol. The number of sulfonamides is 1. The van der Waals surface area contributed by atoms with Crippen molar-refractivity contribution in [2.45, 2.75) is 36.7 Å². The second-order valence-electron chi connectivity index (χ2n) is 4.59. The number of hydrogen-bond acceptors (Lipinski definition) is 5.